The van der Waals surface area contributed by atoms with Gasteiger partial charge in [-0.1, -0.05) is 0 Å². The lowest BCUT2D eigenvalue weighted by Gasteiger charge is -1.92. The monoisotopic (exact) mass is 158 g/mol. The molecule has 0 saturated heterocycles. The third kappa shape index (κ3) is 1.21. The second-order valence-corrected chi connectivity index (χ2v) is 2.56. The van der Waals surface area contributed by atoms with Crippen molar-refractivity contribution < 1.29 is 0 Å². The molecule has 0 bridgehead atoms. The Morgan fingerprint density at radius 1 is 1.50 bits per heavy atom. The van der Waals surface area contributed by atoms with Gasteiger partial charge in [-0.3, -0.25) is 4.98 Å². The van der Waals surface area contributed by atoms with E-state index in [1.54, 1.807) is 12.4 Å². The Kier molecular flexibility index (Phi) is 1.63. The van der Waals surface area contributed by atoms with E-state index in [-0.39, 0.29) is 0 Å². The molecule has 12 heavy (non-hydrogen) atoms. The summed E-state index contributed by atoms with van der Waals surface area (Å²) in [6.07, 6.45) is 6.34. The fourth-order valence-corrected chi connectivity index (χ4v) is 1.01. The number of pyridine rings is 1. The lowest BCUT2D eigenvalue weighted by Crippen LogP contribution is -1.80. The molecule has 3 nitrogen and oxygen atoms in total. The van der Waals surface area contributed by atoms with E-state index in [9.17, 15) is 0 Å². The summed E-state index contributed by atoms with van der Waals surface area (Å²) in [5.74, 6) is 0.820. The Balaban J connectivity index is 2.45. The number of rotatable bonds is 1. The number of aromatic amines is 1. The molecule has 0 aliphatic rings. The maximum absolute atomic E-state index is 4.07. The lowest BCUT2D eigenvalue weighted by molar-refractivity contribution is 1.23. The maximum atomic E-state index is 4.07. The summed E-state index contributed by atoms with van der Waals surface area (Å²) >= 11 is 0. The van der Waals surface area contributed by atoms with E-state index >= 15 is 0 Å². The van der Waals surface area contributed by atoms with E-state index in [2.05, 4.69) is 21.1 Å². The molecular formula is C9H8N3. The molecule has 0 aliphatic carbocycles. The molecule has 0 saturated carbocycles. The third-order valence-electron chi connectivity index (χ3n) is 1.58. The van der Waals surface area contributed by atoms with Crippen molar-refractivity contribution in [3.8, 4) is 11.4 Å². The fraction of sp³-hybridized carbons (Fsp3) is 0.111. The van der Waals surface area contributed by atoms with Crippen LogP contribution >= 0.6 is 0 Å². The van der Waals surface area contributed by atoms with Crippen LogP contribution in [0.4, 0.5) is 0 Å². The van der Waals surface area contributed by atoms with Gasteiger partial charge in [-0.15, -0.1) is 0 Å². The third-order valence-corrected chi connectivity index (χ3v) is 1.58. The van der Waals surface area contributed by atoms with Gasteiger partial charge in [-0.25, -0.2) is 4.98 Å². The number of hydrogen-bond acceptors (Lipinski definition) is 2. The van der Waals surface area contributed by atoms with Gasteiger partial charge in [0.1, 0.15) is 12.0 Å². The van der Waals surface area contributed by atoms with E-state index in [0.717, 1.165) is 17.1 Å². The smallest absolute Gasteiger partial charge is 0.139 e. The highest BCUT2D eigenvalue weighted by atomic mass is 14.9. The molecule has 0 fully saturated rings. The molecule has 0 unspecified atom stereocenters. The van der Waals surface area contributed by atoms with Gasteiger partial charge in [0.25, 0.3) is 0 Å². The van der Waals surface area contributed by atoms with Crippen LogP contribution in [0.3, 0.4) is 0 Å². The van der Waals surface area contributed by atoms with Crippen molar-refractivity contribution in [2.24, 2.45) is 0 Å². The van der Waals surface area contributed by atoms with Gasteiger partial charge >= 0.3 is 0 Å². The first-order valence-corrected chi connectivity index (χ1v) is 3.71. The largest absolute Gasteiger partial charge is 0.341 e. The number of imidazole rings is 1. The van der Waals surface area contributed by atoms with Crippen LogP contribution in [-0.2, 0) is 0 Å². The van der Waals surface area contributed by atoms with E-state index in [1.165, 1.54) is 0 Å². The fourth-order valence-electron chi connectivity index (χ4n) is 1.01. The second kappa shape index (κ2) is 2.77. The molecule has 1 N–H and O–H groups in total. The van der Waals surface area contributed by atoms with Crippen LogP contribution in [-0.4, -0.2) is 15.0 Å². The summed E-state index contributed by atoms with van der Waals surface area (Å²) in [4.78, 5) is 11.1. The number of nitrogens with one attached hydrogen (secondary N) is 1. The molecular weight excluding hydrogens is 150 g/mol. The van der Waals surface area contributed by atoms with Crippen LogP contribution in [0.25, 0.3) is 11.4 Å². The Morgan fingerprint density at radius 3 is 3.00 bits per heavy atom. The van der Waals surface area contributed by atoms with Gasteiger partial charge in [-0.2, -0.15) is 0 Å². The van der Waals surface area contributed by atoms with E-state index < -0.39 is 0 Å². The molecule has 2 aromatic heterocycles. The SMILES string of the molecule is Cc1[c]nc(-c2cccnc2)[nH]1. The van der Waals surface area contributed by atoms with Gasteiger partial charge in [0.15, 0.2) is 0 Å². The van der Waals surface area contributed by atoms with Gasteiger partial charge in [0.05, 0.1) is 0 Å². The number of nitrogens with zero attached hydrogens (tertiary/aromatic N) is 2. The highest BCUT2D eigenvalue weighted by Crippen LogP contribution is 2.12. The first-order chi connectivity index (χ1) is 5.86. The van der Waals surface area contributed by atoms with Crippen molar-refractivity contribution in [3.63, 3.8) is 0 Å². The Labute approximate surface area is 70.5 Å². The van der Waals surface area contributed by atoms with Crippen LogP contribution in [0.15, 0.2) is 24.5 Å². The van der Waals surface area contributed by atoms with Gasteiger partial charge < -0.3 is 4.98 Å². The molecule has 0 spiro atoms. The predicted octanol–water partition coefficient (Wildman–Crippen LogP) is 1.58. The van der Waals surface area contributed by atoms with Gasteiger partial charge in [-0.05, 0) is 19.1 Å². The van der Waals surface area contributed by atoms with Gasteiger partial charge in [0, 0.05) is 23.7 Å². The molecule has 0 amide bonds. The minimum atomic E-state index is 0.820. The van der Waals surface area contributed by atoms with Crippen LogP contribution in [0.1, 0.15) is 5.69 Å². The average molecular weight is 158 g/mol. The molecule has 0 aromatic carbocycles. The molecule has 2 aromatic rings. The van der Waals surface area contributed by atoms with Crippen LogP contribution in [0.5, 0.6) is 0 Å². The van der Waals surface area contributed by atoms with E-state index in [1.807, 2.05) is 19.1 Å². The Morgan fingerprint density at radius 2 is 2.42 bits per heavy atom. The first kappa shape index (κ1) is 7.03. The number of aryl methyl sites for hydroxylation is 1. The normalized spacial score (nSPS) is 10.1. The van der Waals surface area contributed by atoms with Crippen LogP contribution in [0.2, 0.25) is 0 Å². The molecule has 0 aliphatic heterocycles. The second-order valence-electron chi connectivity index (χ2n) is 2.56. The van der Waals surface area contributed by atoms with Crippen LogP contribution < -0.4 is 0 Å². The van der Waals surface area contributed by atoms with Crippen molar-refractivity contribution in [2.45, 2.75) is 6.92 Å². The maximum Gasteiger partial charge on any atom is 0.139 e. The minimum Gasteiger partial charge on any atom is -0.341 e. The molecule has 2 rings (SSSR count). The summed E-state index contributed by atoms with van der Waals surface area (Å²) < 4.78 is 0. The standard InChI is InChI=1S/C9H8N3/c1-7-5-11-9(12-7)8-3-2-4-10-6-8/h2-4,6H,1H3,(H,11,12). The number of hydrogen-bond donors (Lipinski definition) is 1. The molecule has 2 heterocycles. The van der Waals surface area contributed by atoms with Crippen molar-refractivity contribution in [1.82, 2.24) is 15.0 Å². The minimum absolute atomic E-state index is 0.820. The van der Waals surface area contributed by atoms with Crippen molar-refractivity contribution in [3.05, 3.63) is 36.4 Å². The average Bonchev–Trinajstić information content (AvgIpc) is 2.54. The topological polar surface area (TPSA) is 41.6 Å². The summed E-state index contributed by atoms with van der Waals surface area (Å²) in [5.41, 5.74) is 1.93. The Hall–Kier alpha value is -1.64. The zero-order chi connectivity index (χ0) is 8.39. The summed E-state index contributed by atoms with van der Waals surface area (Å²) in [6.45, 7) is 1.92. The van der Waals surface area contributed by atoms with Crippen molar-refractivity contribution >= 4 is 0 Å². The molecule has 59 valence electrons. The zero-order valence-corrected chi connectivity index (χ0v) is 6.70. The number of aromatic nitrogens is 3. The lowest BCUT2D eigenvalue weighted by atomic mass is 10.3. The summed E-state index contributed by atoms with van der Waals surface area (Å²) in [6, 6.07) is 3.84. The molecule has 3 heteroatoms. The van der Waals surface area contributed by atoms with Crippen LogP contribution in [0, 0.1) is 13.1 Å². The summed E-state index contributed by atoms with van der Waals surface area (Å²) in [5, 5.41) is 0. The van der Waals surface area contributed by atoms with Gasteiger partial charge in [0.2, 0.25) is 0 Å². The zero-order valence-electron chi connectivity index (χ0n) is 6.70. The highest BCUT2D eigenvalue weighted by molar-refractivity contribution is 5.52. The van der Waals surface area contributed by atoms with Crippen molar-refractivity contribution in [2.75, 3.05) is 0 Å². The predicted molar refractivity (Wildman–Crippen MR) is 45.4 cm³/mol. The number of H-pyrrole nitrogens is 1. The van der Waals surface area contributed by atoms with E-state index in [4.69, 9.17) is 0 Å². The summed E-state index contributed by atoms with van der Waals surface area (Å²) in [7, 11) is 0. The molecule has 1 radical (unpaired) electrons. The van der Waals surface area contributed by atoms with E-state index in [0.29, 0.717) is 0 Å². The Bertz CT molecular complexity index is 364. The first-order valence-electron chi connectivity index (χ1n) is 3.71. The highest BCUT2D eigenvalue weighted by Gasteiger charge is 1.99. The quantitative estimate of drug-likeness (QED) is 0.684. The molecule has 0 atom stereocenters. The van der Waals surface area contributed by atoms with Crippen molar-refractivity contribution in [1.29, 1.82) is 0 Å².